The molecule has 26 heavy (non-hydrogen) atoms. The Morgan fingerprint density at radius 2 is 0.923 bits per heavy atom. The Morgan fingerprint density at radius 3 is 1.31 bits per heavy atom. The van der Waals surface area contributed by atoms with Crippen LogP contribution in [0.4, 0.5) is 0 Å². The van der Waals surface area contributed by atoms with Crippen LogP contribution in [0, 0.1) is 0 Å². The van der Waals surface area contributed by atoms with Crippen LogP contribution in [0.5, 0.6) is 0 Å². The number of aromatic nitrogens is 1. The van der Waals surface area contributed by atoms with Gasteiger partial charge in [0.15, 0.2) is 0 Å². The van der Waals surface area contributed by atoms with Gasteiger partial charge < -0.3 is 0 Å². The summed E-state index contributed by atoms with van der Waals surface area (Å²) in [5.41, 5.74) is 0. The molecule has 0 N–H and O–H groups in total. The zero-order chi connectivity index (χ0) is 17.7. The molecule has 3 aromatic carbocycles. The van der Waals surface area contributed by atoms with Crippen LogP contribution >= 0.6 is 8.31 Å². The summed E-state index contributed by atoms with van der Waals surface area (Å²) in [4.78, 5) is 4.66. The fraction of sp³-hybridized carbons (Fsp3) is 0. The van der Waals surface area contributed by atoms with Crippen LogP contribution in [0.3, 0.4) is 0 Å². The first-order valence-electron chi connectivity index (χ1n) is 8.66. The van der Waals surface area contributed by atoms with Crippen molar-refractivity contribution in [3.05, 3.63) is 115 Å². The zero-order valence-electron chi connectivity index (χ0n) is 14.3. The first-order valence-corrected chi connectivity index (χ1v) is 20.1. The summed E-state index contributed by atoms with van der Waals surface area (Å²) in [5.74, 6) is 0. The molecule has 3 heteroatoms. The Kier molecular flexibility index (Phi) is 5.51. The summed E-state index contributed by atoms with van der Waals surface area (Å²) in [5, 5.41) is 1.10. The van der Waals surface area contributed by atoms with Crippen molar-refractivity contribution in [2.24, 2.45) is 0 Å². The van der Waals surface area contributed by atoms with Crippen LogP contribution < -0.4 is 9.37 Å². The molecular weight excluding hydrogens is 530 g/mol. The number of rotatable bonds is 5. The molecule has 0 fully saturated rings. The Labute approximate surface area is 162 Å². The van der Waals surface area contributed by atoms with Crippen LogP contribution in [0.25, 0.3) is 0 Å². The number of nitrogens with zero attached hydrogens (tertiary/aromatic N) is 1. The van der Waals surface area contributed by atoms with Crippen LogP contribution in [-0.2, 0) is 0 Å². The van der Waals surface area contributed by atoms with Crippen molar-refractivity contribution >= 4 is 37.4 Å². The molecule has 0 amide bonds. The predicted molar refractivity (Wildman–Crippen MR) is 114 cm³/mol. The molecule has 1 aromatic heterocycles. The second-order valence-electron chi connectivity index (χ2n) is 6.05. The van der Waals surface area contributed by atoms with E-state index in [9.17, 15) is 0 Å². The number of pyridine rings is 1. The molecule has 4 aromatic rings. The molecule has 0 atom stereocenters. The van der Waals surface area contributed by atoms with Gasteiger partial charge in [-0.05, 0) is 0 Å². The van der Waals surface area contributed by atoms with E-state index in [-0.39, 0.29) is 0 Å². The zero-order valence-corrected chi connectivity index (χ0v) is 19.0. The summed E-state index contributed by atoms with van der Waals surface area (Å²) < 4.78 is 4.40. The molecule has 1 nitrogen and oxygen atoms in total. The van der Waals surface area contributed by atoms with Crippen LogP contribution in [0.1, 0.15) is 0 Å². The van der Waals surface area contributed by atoms with Crippen molar-refractivity contribution in [2.45, 2.75) is 5.03 Å². The van der Waals surface area contributed by atoms with Gasteiger partial charge >= 0.3 is 163 Å². The quantitative estimate of drug-likeness (QED) is 0.352. The molecule has 0 unspecified atom stereocenters. The minimum atomic E-state index is -3.48. The molecule has 0 aliphatic carbocycles. The summed E-state index contributed by atoms with van der Waals surface area (Å²) in [6.45, 7) is 0. The van der Waals surface area contributed by atoms with E-state index in [0.29, 0.717) is 0 Å². The van der Waals surface area contributed by atoms with Gasteiger partial charge in [0.1, 0.15) is 0 Å². The van der Waals surface area contributed by atoms with Crippen molar-refractivity contribution in [2.75, 3.05) is 0 Å². The van der Waals surface area contributed by atoms with E-state index in [0.717, 1.165) is 5.03 Å². The van der Waals surface area contributed by atoms with E-state index in [2.05, 4.69) is 108 Å². The normalized spacial score (nSPS) is 11.2. The van der Waals surface area contributed by atoms with Crippen LogP contribution in [0.15, 0.2) is 120 Å². The van der Waals surface area contributed by atoms with Crippen molar-refractivity contribution in [3.63, 3.8) is 0 Å². The fourth-order valence-electron chi connectivity index (χ4n) is 3.26. The third-order valence-electron chi connectivity index (χ3n) is 4.44. The molecule has 0 saturated carbocycles. The van der Waals surface area contributed by atoms with Crippen LogP contribution in [0.2, 0.25) is 0 Å². The average molecular weight is 549 g/mol. The van der Waals surface area contributed by atoms with Gasteiger partial charge in [0.25, 0.3) is 0 Å². The van der Waals surface area contributed by atoms with Gasteiger partial charge in [-0.1, -0.05) is 0 Å². The first-order chi connectivity index (χ1) is 12.9. The van der Waals surface area contributed by atoms with E-state index >= 15 is 0 Å². The summed E-state index contributed by atoms with van der Waals surface area (Å²) in [6, 6.07) is 39.3. The molecule has 0 spiro atoms. The SMILES string of the molecule is c1cc[c]([Pb]([S]c2ccccn2)([c]2ccccc2)[c]2ccccc2)cc1. The van der Waals surface area contributed by atoms with Gasteiger partial charge in [0, 0.05) is 0 Å². The van der Waals surface area contributed by atoms with Crippen molar-refractivity contribution in [1.29, 1.82) is 0 Å². The predicted octanol–water partition coefficient (Wildman–Crippen LogP) is 3.84. The van der Waals surface area contributed by atoms with E-state index in [1.807, 2.05) is 20.6 Å². The summed E-state index contributed by atoms with van der Waals surface area (Å²) >= 11 is -3.48. The maximum absolute atomic E-state index is 4.66. The maximum atomic E-state index is 4.66. The minimum absolute atomic E-state index is 1.10. The van der Waals surface area contributed by atoms with E-state index in [1.165, 1.54) is 9.37 Å². The Bertz CT molecular complexity index is 848. The van der Waals surface area contributed by atoms with Gasteiger partial charge in [-0.15, -0.1) is 0 Å². The van der Waals surface area contributed by atoms with Gasteiger partial charge in [0.05, 0.1) is 0 Å². The van der Waals surface area contributed by atoms with Crippen molar-refractivity contribution < 1.29 is 0 Å². The van der Waals surface area contributed by atoms with E-state index in [1.54, 1.807) is 0 Å². The molecular formula is C23H19NPbS. The van der Waals surface area contributed by atoms with Gasteiger partial charge in [-0.2, -0.15) is 0 Å². The molecule has 1 heterocycles. The molecule has 0 aliphatic heterocycles. The van der Waals surface area contributed by atoms with Crippen molar-refractivity contribution in [1.82, 2.24) is 4.98 Å². The number of benzene rings is 3. The standard InChI is InChI=1S/3C6H5.C5H5NS.Pb/c3*1-2-4-6-5-3-1;7-5-3-1-2-4-6-5;/h3*1-5H;1-4H,(H,6,7);/q;;;;+1/p-1. The first kappa shape index (κ1) is 17.5. The molecule has 126 valence electrons. The second-order valence-corrected chi connectivity index (χ2v) is 26.5. The topological polar surface area (TPSA) is 12.9 Å². The second kappa shape index (κ2) is 8.19. The van der Waals surface area contributed by atoms with E-state index in [4.69, 9.17) is 0 Å². The summed E-state index contributed by atoms with van der Waals surface area (Å²) in [7, 11) is 2.01. The van der Waals surface area contributed by atoms with Crippen LogP contribution in [-0.4, -0.2) is 24.7 Å². The molecule has 4 rings (SSSR count). The Morgan fingerprint density at radius 1 is 0.500 bits per heavy atom. The fourth-order valence-corrected chi connectivity index (χ4v) is 28.6. The summed E-state index contributed by atoms with van der Waals surface area (Å²) in [6.07, 6.45) is 1.89. The third kappa shape index (κ3) is 3.48. The van der Waals surface area contributed by atoms with Gasteiger partial charge in [-0.25, -0.2) is 0 Å². The van der Waals surface area contributed by atoms with Crippen molar-refractivity contribution in [3.8, 4) is 0 Å². The number of hydrogen-bond acceptors (Lipinski definition) is 2. The Hall–Kier alpha value is -1.92. The molecule has 0 saturated heterocycles. The Balaban J connectivity index is 2.00. The molecule has 0 aliphatic rings. The molecule has 0 bridgehead atoms. The van der Waals surface area contributed by atoms with E-state index < -0.39 is 19.7 Å². The van der Waals surface area contributed by atoms with Gasteiger partial charge in [-0.3, -0.25) is 0 Å². The average Bonchev–Trinajstić information content (AvgIpc) is 2.75. The monoisotopic (exact) mass is 549 g/mol. The third-order valence-corrected chi connectivity index (χ3v) is 30.8. The van der Waals surface area contributed by atoms with Gasteiger partial charge in [0.2, 0.25) is 0 Å². The number of hydrogen-bond donors (Lipinski definition) is 0. The molecule has 0 radical (unpaired) electrons.